The highest BCUT2D eigenvalue weighted by molar-refractivity contribution is 7.21. The van der Waals surface area contributed by atoms with Gasteiger partial charge >= 0.3 is 5.97 Å². The molecular formula is C29H38N2O3S. The van der Waals surface area contributed by atoms with E-state index < -0.39 is 0 Å². The topological polar surface area (TPSA) is 85.4 Å². The van der Waals surface area contributed by atoms with Crippen LogP contribution in [0.25, 0.3) is 10.2 Å². The zero-order chi connectivity index (χ0) is 24.9. The maximum atomic E-state index is 12.7. The van der Waals surface area contributed by atoms with E-state index in [2.05, 4.69) is 33.8 Å². The van der Waals surface area contributed by atoms with Gasteiger partial charge in [0.05, 0.1) is 18.4 Å². The van der Waals surface area contributed by atoms with Crippen LogP contribution in [0, 0.1) is 30.1 Å². The second-order valence-electron chi connectivity index (χ2n) is 12.1. The predicted octanol–water partition coefficient (Wildman–Crippen LogP) is 6.26. The number of esters is 1. The number of aliphatic hydroxyl groups is 1. The van der Waals surface area contributed by atoms with E-state index in [0.717, 1.165) is 48.0 Å². The highest BCUT2D eigenvalue weighted by Gasteiger charge is 2.60. The summed E-state index contributed by atoms with van der Waals surface area (Å²) >= 11 is 1.38. The van der Waals surface area contributed by atoms with Gasteiger partial charge in [0.2, 0.25) is 0 Å². The Labute approximate surface area is 212 Å². The number of nitrogens with zero attached hydrogens (tertiary/aromatic N) is 1. The minimum absolute atomic E-state index is 0.0650. The third kappa shape index (κ3) is 3.02. The number of aryl methyl sites for hydroxylation is 1. The summed E-state index contributed by atoms with van der Waals surface area (Å²) in [6.07, 6.45) is 8.66. The summed E-state index contributed by atoms with van der Waals surface area (Å²) in [5.41, 5.74) is 12.8. The fourth-order valence-corrected chi connectivity index (χ4v) is 10.2. The summed E-state index contributed by atoms with van der Waals surface area (Å²) in [6, 6.07) is 0. The van der Waals surface area contributed by atoms with E-state index in [1.54, 1.807) is 0 Å². The monoisotopic (exact) mass is 494 g/mol. The number of aromatic nitrogens is 1. The number of aliphatic hydroxyl groups excluding tert-OH is 1. The standard InChI is InChI=1S/C29H38N2O3S/c1-6-34-27(33)25-24(30)21-20-14(2)22-18-8-7-16-13-17(32)9-11-28(16,4)19(18)10-12-29(22,5)23(20)15(3)31-26(21)35-25/h7,14,17-19,22,32H,6,8-13,30H2,1-5H3/t14-,17+,18+,19+,22+,28+,29-/m1/s1. The molecule has 35 heavy (non-hydrogen) atoms. The Bertz CT molecular complexity index is 1260. The van der Waals surface area contributed by atoms with Crippen LogP contribution < -0.4 is 5.73 Å². The van der Waals surface area contributed by atoms with E-state index in [1.165, 1.54) is 34.5 Å². The van der Waals surface area contributed by atoms with E-state index in [4.69, 9.17) is 15.5 Å². The molecular weight excluding hydrogens is 456 g/mol. The first-order chi connectivity index (χ1) is 16.6. The predicted molar refractivity (Wildman–Crippen MR) is 141 cm³/mol. The van der Waals surface area contributed by atoms with Crippen molar-refractivity contribution in [1.82, 2.24) is 4.98 Å². The van der Waals surface area contributed by atoms with Gasteiger partial charge in [-0.05, 0) is 98.0 Å². The van der Waals surface area contributed by atoms with Crippen molar-refractivity contribution in [2.24, 2.45) is 23.2 Å². The third-order valence-electron chi connectivity index (χ3n) is 10.5. The molecule has 0 spiro atoms. The third-order valence-corrected chi connectivity index (χ3v) is 11.5. The number of hydrogen-bond donors (Lipinski definition) is 2. The molecule has 2 fully saturated rings. The summed E-state index contributed by atoms with van der Waals surface area (Å²) in [5, 5.41) is 11.3. The number of rotatable bonds is 2. The van der Waals surface area contributed by atoms with Gasteiger partial charge in [-0.1, -0.05) is 32.4 Å². The van der Waals surface area contributed by atoms with E-state index in [-0.39, 0.29) is 22.9 Å². The average Bonchev–Trinajstić information content (AvgIpc) is 3.26. The lowest BCUT2D eigenvalue weighted by molar-refractivity contribution is -0.0227. The SMILES string of the molecule is CCOC(=O)c1sc2nc(C)c3c(c2c1N)[C@@H](C)[C@H]1[C@H]2CC=C4C[C@@H](O)CC[C@]4(C)[C@H]2CC[C@@]31C. The fraction of sp³-hybridized carbons (Fsp3) is 0.655. The van der Waals surface area contributed by atoms with Gasteiger partial charge in [-0.25, -0.2) is 9.78 Å². The van der Waals surface area contributed by atoms with Gasteiger partial charge in [0.1, 0.15) is 9.71 Å². The molecule has 0 bridgehead atoms. The van der Waals surface area contributed by atoms with Gasteiger partial charge < -0.3 is 15.6 Å². The Balaban J connectivity index is 1.49. The lowest BCUT2D eigenvalue weighted by Crippen LogP contribution is -2.51. The zero-order valence-corrected chi connectivity index (χ0v) is 22.4. The highest BCUT2D eigenvalue weighted by atomic mass is 32.1. The highest BCUT2D eigenvalue weighted by Crippen LogP contribution is 2.68. The first kappa shape index (κ1) is 23.5. The number of nitrogens with two attached hydrogens (primary N) is 1. The van der Waals surface area contributed by atoms with Crippen LogP contribution >= 0.6 is 11.3 Å². The number of anilines is 1. The number of hydrogen-bond acceptors (Lipinski definition) is 6. The van der Waals surface area contributed by atoms with Gasteiger partial charge in [0.25, 0.3) is 0 Å². The summed E-state index contributed by atoms with van der Waals surface area (Å²) in [4.78, 5) is 19.0. The normalized spacial score (nSPS) is 37.8. The van der Waals surface area contributed by atoms with Crippen LogP contribution in [0.5, 0.6) is 0 Å². The molecule has 0 saturated heterocycles. The average molecular weight is 495 g/mol. The largest absolute Gasteiger partial charge is 0.462 e. The van der Waals surface area contributed by atoms with Crippen molar-refractivity contribution in [2.45, 2.75) is 90.6 Å². The number of ether oxygens (including phenoxy) is 1. The smallest absolute Gasteiger partial charge is 0.350 e. The lowest BCUT2D eigenvalue weighted by atomic mass is 9.47. The maximum absolute atomic E-state index is 12.7. The van der Waals surface area contributed by atoms with Gasteiger partial charge in [-0.3, -0.25) is 0 Å². The molecule has 7 atom stereocenters. The van der Waals surface area contributed by atoms with Crippen LogP contribution in [0.3, 0.4) is 0 Å². The quantitative estimate of drug-likeness (QED) is 0.380. The summed E-state index contributed by atoms with van der Waals surface area (Å²) in [7, 11) is 0. The van der Waals surface area contributed by atoms with Crippen molar-refractivity contribution in [3.8, 4) is 0 Å². The minimum Gasteiger partial charge on any atom is -0.462 e. The molecule has 6 heteroatoms. The Morgan fingerprint density at radius 3 is 2.77 bits per heavy atom. The first-order valence-electron chi connectivity index (χ1n) is 13.4. The van der Waals surface area contributed by atoms with E-state index in [9.17, 15) is 9.90 Å². The summed E-state index contributed by atoms with van der Waals surface area (Å²) < 4.78 is 5.31. The van der Waals surface area contributed by atoms with Crippen LogP contribution in [0.15, 0.2) is 11.6 Å². The van der Waals surface area contributed by atoms with Gasteiger partial charge in [0, 0.05) is 11.1 Å². The Hall–Kier alpha value is -1.92. The number of pyridine rings is 1. The van der Waals surface area contributed by atoms with Crippen LogP contribution in [0.1, 0.15) is 98.6 Å². The first-order valence-corrected chi connectivity index (χ1v) is 14.2. The van der Waals surface area contributed by atoms with Crippen molar-refractivity contribution < 1.29 is 14.6 Å². The number of nitrogen functional groups attached to an aromatic ring is 1. The molecule has 4 aliphatic carbocycles. The van der Waals surface area contributed by atoms with E-state index in [0.29, 0.717) is 40.8 Å². The second kappa shape index (κ2) is 7.79. The molecule has 0 radical (unpaired) electrons. The zero-order valence-electron chi connectivity index (χ0n) is 21.6. The second-order valence-corrected chi connectivity index (χ2v) is 13.1. The molecule has 2 aromatic heterocycles. The van der Waals surface area contributed by atoms with Crippen LogP contribution in [-0.2, 0) is 10.2 Å². The molecule has 6 rings (SSSR count). The Morgan fingerprint density at radius 1 is 1.29 bits per heavy atom. The molecule has 2 saturated carbocycles. The molecule has 5 nitrogen and oxygen atoms in total. The number of fused-ring (bicyclic) bond motifs is 9. The molecule has 3 N–H and O–H groups in total. The minimum atomic E-state index is -0.342. The van der Waals surface area contributed by atoms with Crippen LogP contribution in [0.4, 0.5) is 5.69 Å². The molecule has 2 aromatic rings. The van der Waals surface area contributed by atoms with E-state index in [1.807, 2.05) is 6.92 Å². The van der Waals surface area contributed by atoms with Gasteiger partial charge in [0.15, 0.2) is 0 Å². The summed E-state index contributed by atoms with van der Waals surface area (Å²) in [6.45, 7) is 11.6. The van der Waals surface area contributed by atoms with Gasteiger partial charge in [-0.15, -0.1) is 11.3 Å². The Kier molecular flexibility index (Phi) is 5.22. The summed E-state index contributed by atoms with van der Waals surface area (Å²) in [5.74, 6) is 1.80. The van der Waals surface area contributed by atoms with Crippen LogP contribution in [-0.4, -0.2) is 28.8 Å². The number of carbonyl (C=O) groups is 1. The van der Waals surface area contributed by atoms with Crippen molar-refractivity contribution >= 4 is 33.2 Å². The lowest BCUT2D eigenvalue weighted by Gasteiger charge is -2.58. The molecule has 0 unspecified atom stereocenters. The van der Waals surface area contributed by atoms with Crippen LogP contribution in [0.2, 0.25) is 0 Å². The molecule has 188 valence electrons. The Morgan fingerprint density at radius 2 is 2.03 bits per heavy atom. The van der Waals surface area contributed by atoms with Crippen molar-refractivity contribution in [3.05, 3.63) is 33.3 Å². The fourth-order valence-electron chi connectivity index (χ4n) is 9.11. The molecule has 0 aliphatic heterocycles. The number of thiophene rings is 1. The van der Waals surface area contributed by atoms with Crippen molar-refractivity contribution in [2.75, 3.05) is 12.3 Å². The van der Waals surface area contributed by atoms with Gasteiger partial charge in [-0.2, -0.15) is 0 Å². The maximum Gasteiger partial charge on any atom is 0.350 e. The molecule has 4 aliphatic rings. The number of allylic oxidation sites excluding steroid dienone is 1. The molecule has 0 amide bonds. The van der Waals surface area contributed by atoms with Crippen molar-refractivity contribution in [1.29, 1.82) is 0 Å². The van der Waals surface area contributed by atoms with Crippen molar-refractivity contribution in [3.63, 3.8) is 0 Å². The molecule has 2 heterocycles. The van der Waals surface area contributed by atoms with E-state index >= 15 is 0 Å². The molecule has 0 aromatic carbocycles. The number of carbonyl (C=O) groups excluding carboxylic acids is 1.